The smallest absolute Gasteiger partial charge is 0.0619 e. The number of hydrogen-bond donors (Lipinski definition) is 0. The van der Waals surface area contributed by atoms with E-state index in [1.165, 1.54) is 82.1 Å². The molecule has 0 radical (unpaired) electrons. The van der Waals surface area contributed by atoms with Crippen LogP contribution in [-0.4, -0.2) is 0 Å². The van der Waals surface area contributed by atoms with Crippen molar-refractivity contribution in [3.63, 3.8) is 0 Å². The van der Waals surface area contributed by atoms with Gasteiger partial charge < -0.3 is 4.90 Å². The standard InChI is InChI=1S/C38H27N/c1-24-20-22-27(23-21-24)39(34-19-6-3-10-25(34)2)38-31-14-5-4-13-30(31)36-32-17-8-12-26-11-7-15-28(35(26)32)29-16-9-18-33(38)37(29)36/h3-23H,1-2H3. The monoisotopic (exact) mass is 497 g/mol. The van der Waals surface area contributed by atoms with Gasteiger partial charge in [0, 0.05) is 27.5 Å². The molecule has 0 fully saturated rings. The fourth-order valence-corrected chi connectivity index (χ4v) is 6.62. The summed E-state index contributed by atoms with van der Waals surface area (Å²) in [6.07, 6.45) is 0. The minimum absolute atomic E-state index is 1.17. The van der Waals surface area contributed by atoms with E-state index in [0.29, 0.717) is 0 Å². The Morgan fingerprint density at radius 3 is 1.72 bits per heavy atom. The van der Waals surface area contributed by atoms with E-state index in [0.717, 1.165) is 0 Å². The Morgan fingerprint density at radius 1 is 0.410 bits per heavy atom. The molecule has 0 aromatic heterocycles. The van der Waals surface area contributed by atoms with Crippen molar-refractivity contribution in [1.29, 1.82) is 0 Å². The summed E-state index contributed by atoms with van der Waals surface area (Å²) in [7, 11) is 0. The van der Waals surface area contributed by atoms with Crippen LogP contribution in [0.3, 0.4) is 0 Å². The van der Waals surface area contributed by atoms with Crippen molar-refractivity contribution in [1.82, 2.24) is 0 Å². The molecule has 8 rings (SSSR count). The van der Waals surface area contributed by atoms with Crippen LogP contribution in [-0.2, 0) is 0 Å². The maximum absolute atomic E-state index is 2.47. The van der Waals surface area contributed by atoms with Crippen molar-refractivity contribution in [2.24, 2.45) is 0 Å². The molecule has 0 N–H and O–H groups in total. The quantitative estimate of drug-likeness (QED) is 0.173. The number of benzene rings is 8. The molecule has 8 aromatic carbocycles. The van der Waals surface area contributed by atoms with E-state index in [1.54, 1.807) is 0 Å². The predicted molar refractivity (Wildman–Crippen MR) is 169 cm³/mol. The zero-order valence-electron chi connectivity index (χ0n) is 22.1. The summed E-state index contributed by atoms with van der Waals surface area (Å²) in [4.78, 5) is 2.47. The average molecular weight is 498 g/mol. The number of para-hydroxylation sites is 1. The van der Waals surface area contributed by atoms with Gasteiger partial charge in [-0.1, -0.05) is 115 Å². The minimum atomic E-state index is 1.17. The van der Waals surface area contributed by atoms with E-state index in [9.17, 15) is 0 Å². The summed E-state index contributed by atoms with van der Waals surface area (Å²) < 4.78 is 0. The molecule has 0 bridgehead atoms. The van der Waals surface area contributed by atoms with Gasteiger partial charge in [-0.3, -0.25) is 0 Å². The van der Waals surface area contributed by atoms with E-state index < -0.39 is 0 Å². The van der Waals surface area contributed by atoms with Crippen molar-refractivity contribution >= 4 is 70.9 Å². The van der Waals surface area contributed by atoms with E-state index in [2.05, 4.69) is 146 Å². The Balaban J connectivity index is 1.64. The van der Waals surface area contributed by atoms with Crippen molar-refractivity contribution in [3.05, 3.63) is 139 Å². The first-order chi connectivity index (χ1) is 19.2. The van der Waals surface area contributed by atoms with Crippen LogP contribution in [0.1, 0.15) is 11.1 Å². The number of anilines is 3. The normalized spacial score (nSPS) is 11.8. The maximum Gasteiger partial charge on any atom is 0.0619 e. The van der Waals surface area contributed by atoms with E-state index >= 15 is 0 Å². The fourth-order valence-electron chi connectivity index (χ4n) is 6.62. The number of fused-ring (bicyclic) bond motifs is 4. The maximum atomic E-state index is 2.47. The highest BCUT2D eigenvalue weighted by molar-refractivity contribution is 6.40. The van der Waals surface area contributed by atoms with Crippen LogP contribution in [0.2, 0.25) is 0 Å². The van der Waals surface area contributed by atoms with Crippen LogP contribution in [0.4, 0.5) is 17.1 Å². The third kappa shape index (κ3) is 3.14. The van der Waals surface area contributed by atoms with Gasteiger partial charge in [-0.2, -0.15) is 0 Å². The Hall–Kier alpha value is -4.88. The Labute approximate surface area is 227 Å². The van der Waals surface area contributed by atoms with Crippen molar-refractivity contribution < 1.29 is 0 Å². The van der Waals surface area contributed by atoms with Crippen molar-refractivity contribution in [2.45, 2.75) is 13.8 Å². The van der Waals surface area contributed by atoms with Gasteiger partial charge in [0.05, 0.1) is 5.69 Å². The van der Waals surface area contributed by atoms with Gasteiger partial charge in [0.25, 0.3) is 0 Å². The predicted octanol–water partition coefficient (Wildman–Crippen LogP) is 11.0. The molecule has 0 saturated heterocycles. The van der Waals surface area contributed by atoms with Crippen LogP contribution >= 0.6 is 0 Å². The van der Waals surface area contributed by atoms with Crippen LogP contribution in [0.25, 0.3) is 53.9 Å². The SMILES string of the molecule is Cc1ccc(N(c2ccccc2C)c2c3ccccc3c3c4cccc5cccc(c6cccc2c63)c54)cc1. The fraction of sp³-hybridized carbons (Fsp3) is 0.0526. The molecule has 0 amide bonds. The highest BCUT2D eigenvalue weighted by Crippen LogP contribution is 2.50. The molecule has 0 spiro atoms. The van der Waals surface area contributed by atoms with Gasteiger partial charge in [-0.15, -0.1) is 0 Å². The van der Waals surface area contributed by atoms with Gasteiger partial charge in [-0.05, 0) is 75.3 Å². The summed E-state index contributed by atoms with van der Waals surface area (Å²) in [6.45, 7) is 4.36. The molecule has 0 heterocycles. The summed E-state index contributed by atoms with van der Waals surface area (Å²) in [6, 6.07) is 46.9. The molecule has 0 aliphatic rings. The Morgan fingerprint density at radius 2 is 0.949 bits per heavy atom. The third-order valence-electron chi connectivity index (χ3n) is 8.36. The van der Waals surface area contributed by atoms with Crippen LogP contribution in [0.15, 0.2) is 127 Å². The van der Waals surface area contributed by atoms with E-state index in [4.69, 9.17) is 0 Å². The van der Waals surface area contributed by atoms with Gasteiger partial charge in [0.2, 0.25) is 0 Å². The van der Waals surface area contributed by atoms with Gasteiger partial charge in [-0.25, -0.2) is 0 Å². The first-order valence-corrected chi connectivity index (χ1v) is 13.6. The molecule has 1 heteroatoms. The topological polar surface area (TPSA) is 3.24 Å². The van der Waals surface area contributed by atoms with Gasteiger partial charge in [0.15, 0.2) is 0 Å². The van der Waals surface area contributed by atoms with Crippen LogP contribution < -0.4 is 4.90 Å². The zero-order chi connectivity index (χ0) is 26.1. The summed E-state index contributed by atoms with van der Waals surface area (Å²) in [5, 5.41) is 13.1. The number of rotatable bonds is 3. The lowest BCUT2D eigenvalue weighted by Crippen LogP contribution is -2.12. The molecule has 39 heavy (non-hydrogen) atoms. The van der Waals surface area contributed by atoms with E-state index in [1.807, 2.05) is 0 Å². The molecule has 0 aliphatic carbocycles. The first kappa shape index (κ1) is 22.1. The molecular formula is C38H27N. The summed E-state index contributed by atoms with van der Waals surface area (Å²) in [5.41, 5.74) is 6.10. The first-order valence-electron chi connectivity index (χ1n) is 13.6. The zero-order valence-corrected chi connectivity index (χ0v) is 22.1. The molecular weight excluding hydrogens is 470 g/mol. The molecule has 0 unspecified atom stereocenters. The molecule has 0 aliphatic heterocycles. The molecule has 184 valence electrons. The second-order valence-corrected chi connectivity index (χ2v) is 10.7. The number of aryl methyl sites for hydroxylation is 2. The van der Waals surface area contributed by atoms with Crippen molar-refractivity contribution in [2.75, 3.05) is 4.90 Å². The average Bonchev–Trinajstić information content (AvgIpc) is 2.98. The lowest BCUT2D eigenvalue weighted by Gasteiger charge is -2.31. The molecule has 1 nitrogen and oxygen atoms in total. The molecule has 0 saturated carbocycles. The second kappa shape index (κ2) is 8.31. The summed E-state index contributed by atoms with van der Waals surface area (Å²) >= 11 is 0. The van der Waals surface area contributed by atoms with Crippen LogP contribution in [0.5, 0.6) is 0 Å². The minimum Gasteiger partial charge on any atom is -0.309 e. The van der Waals surface area contributed by atoms with E-state index in [-0.39, 0.29) is 0 Å². The second-order valence-electron chi connectivity index (χ2n) is 10.7. The summed E-state index contributed by atoms with van der Waals surface area (Å²) in [5.74, 6) is 0. The molecule has 0 atom stereocenters. The lowest BCUT2D eigenvalue weighted by molar-refractivity contribution is 1.26. The number of hydrogen-bond acceptors (Lipinski definition) is 1. The number of nitrogens with zero attached hydrogens (tertiary/aromatic N) is 1. The van der Waals surface area contributed by atoms with Crippen LogP contribution in [0, 0.1) is 13.8 Å². The highest BCUT2D eigenvalue weighted by atomic mass is 15.1. The van der Waals surface area contributed by atoms with Gasteiger partial charge >= 0.3 is 0 Å². The van der Waals surface area contributed by atoms with Gasteiger partial charge in [0.1, 0.15) is 0 Å². The Bertz CT molecular complexity index is 2180. The highest BCUT2D eigenvalue weighted by Gasteiger charge is 2.24. The van der Waals surface area contributed by atoms with Crippen molar-refractivity contribution in [3.8, 4) is 0 Å². The third-order valence-corrected chi connectivity index (χ3v) is 8.36. The lowest BCUT2D eigenvalue weighted by atomic mass is 9.86. The molecule has 8 aromatic rings. The Kier molecular flexibility index (Phi) is 4.72. The largest absolute Gasteiger partial charge is 0.309 e.